The van der Waals surface area contributed by atoms with Gasteiger partial charge in [-0.05, 0) is 42.0 Å². The van der Waals surface area contributed by atoms with Crippen molar-refractivity contribution in [2.45, 2.75) is 5.75 Å². The highest BCUT2D eigenvalue weighted by Gasteiger charge is 2.06. The molecule has 0 unspecified atom stereocenters. The van der Waals surface area contributed by atoms with Gasteiger partial charge in [0.25, 0.3) is 5.91 Å². The van der Waals surface area contributed by atoms with Crippen molar-refractivity contribution in [3.8, 4) is 5.75 Å². The molecule has 0 aromatic heterocycles. The van der Waals surface area contributed by atoms with E-state index in [1.807, 2.05) is 0 Å². The molecule has 0 atom stereocenters. The molecule has 2 aromatic rings. The topological polar surface area (TPSA) is 38.3 Å². The average Bonchev–Trinajstić information content (AvgIpc) is 2.56. The number of carbonyl (C=O) groups excluding carboxylic acids is 1. The van der Waals surface area contributed by atoms with Crippen molar-refractivity contribution in [1.29, 1.82) is 0 Å². The Balaban J connectivity index is 1.62. The third-order valence-corrected chi connectivity index (χ3v) is 4.75. The van der Waals surface area contributed by atoms with Crippen molar-refractivity contribution in [1.82, 2.24) is 5.32 Å². The Morgan fingerprint density at radius 2 is 1.79 bits per heavy atom. The molecule has 0 heterocycles. The van der Waals surface area contributed by atoms with Gasteiger partial charge in [-0.3, -0.25) is 4.79 Å². The van der Waals surface area contributed by atoms with Crippen LogP contribution in [0.25, 0.3) is 0 Å². The molecule has 0 fully saturated rings. The SMILES string of the molecule is O=C(COc1ccc(F)cc1)NCCSCc1c(Cl)cccc1Cl. The van der Waals surface area contributed by atoms with Crippen LogP contribution in [0, 0.1) is 5.82 Å². The van der Waals surface area contributed by atoms with E-state index in [1.54, 1.807) is 30.0 Å². The summed E-state index contributed by atoms with van der Waals surface area (Å²) in [6, 6.07) is 10.9. The number of hydrogen-bond donors (Lipinski definition) is 1. The molecule has 0 radical (unpaired) electrons. The molecule has 0 aliphatic carbocycles. The van der Waals surface area contributed by atoms with Crippen LogP contribution in [-0.4, -0.2) is 24.8 Å². The van der Waals surface area contributed by atoms with Crippen LogP contribution in [-0.2, 0) is 10.5 Å². The van der Waals surface area contributed by atoms with Gasteiger partial charge in [-0.25, -0.2) is 4.39 Å². The minimum atomic E-state index is -0.345. The molecule has 0 saturated heterocycles. The van der Waals surface area contributed by atoms with Gasteiger partial charge in [0.15, 0.2) is 6.61 Å². The van der Waals surface area contributed by atoms with E-state index in [0.717, 1.165) is 11.3 Å². The number of ether oxygens (including phenoxy) is 1. The fourth-order valence-electron chi connectivity index (χ4n) is 1.84. The quantitative estimate of drug-likeness (QED) is 0.674. The van der Waals surface area contributed by atoms with Crippen LogP contribution in [0.5, 0.6) is 5.75 Å². The third-order valence-electron chi connectivity index (χ3n) is 3.06. The maximum atomic E-state index is 12.7. The van der Waals surface area contributed by atoms with E-state index >= 15 is 0 Å². The van der Waals surface area contributed by atoms with E-state index in [1.165, 1.54) is 24.3 Å². The van der Waals surface area contributed by atoms with Crippen molar-refractivity contribution in [2.75, 3.05) is 18.9 Å². The fraction of sp³-hybridized carbons (Fsp3) is 0.235. The summed E-state index contributed by atoms with van der Waals surface area (Å²) in [6.45, 7) is 0.408. The normalized spacial score (nSPS) is 10.5. The molecule has 1 N–H and O–H groups in total. The van der Waals surface area contributed by atoms with Gasteiger partial charge in [-0.2, -0.15) is 11.8 Å². The molecule has 0 aliphatic heterocycles. The highest BCUT2D eigenvalue weighted by molar-refractivity contribution is 7.98. The Hall–Kier alpha value is -1.43. The lowest BCUT2D eigenvalue weighted by Gasteiger charge is -2.08. The van der Waals surface area contributed by atoms with E-state index in [-0.39, 0.29) is 18.3 Å². The van der Waals surface area contributed by atoms with Gasteiger partial charge in [0.1, 0.15) is 11.6 Å². The maximum Gasteiger partial charge on any atom is 0.257 e. The first kappa shape index (κ1) is 18.9. The average molecular weight is 388 g/mol. The van der Waals surface area contributed by atoms with Crippen LogP contribution in [0.1, 0.15) is 5.56 Å². The van der Waals surface area contributed by atoms with Crippen molar-refractivity contribution in [2.24, 2.45) is 0 Å². The van der Waals surface area contributed by atoms with Crippen molar-refractivity contribution >= 4 is 40.9 Å². The highest BCUT2D eigenvalue weighted by Crippen LogP contribution is 2.27. The van der Waals surface area contributed by atoms with Gasteiger partial charge in [0.2, 0.25) is 0 Å². The van der Waals surface area contributed by atoms with E-state index in [0.29, 0.717) is 28.1 Å². The Morgan fingerprint density at radius 1 is 1.12 bits per heavy atom. The summed E-state index contributed by atoms with van der Waals surface area (Å²) >= 11 is 13.8. The third kappa shape index (κ3) is 6.23. The summed E-state index contributed by atoms with van der Waals surface area (Å²) in [6.07, 6.45) is 0. The van der Waals surface area contributed by atoms with Crippen molar-refractivity contribution in [3.63, 3.8) is 0 Å². The van der Waals surface area contributed by atoms with Crippen molar-refractivity contribution in [3.05, 3.63) is 63.9 Å². The summed E-state index contributed by atoms with van der Waals surface area (Å²) < 4.78 is 18.0. The summed E-state index contributed by atoms with van der Waals surface area (Å²) in [5.74, 6) is 1.29. The molecule has 0 spiro atoms. The number of thioether (sulfide) groups is 1. The van der Waals surface area contributed by atoms with Gasteiger partial charge < -0.3 is 10.1 Å². The Bertz CT molecular complexity index is 663. The Morgan fingerprint density at radius 3 is 2.46 bits per heavy atom. The number of amides is 1. The first-order valence-electron chi connectivity index (χ1n) is 7.22. The zero-order valence-electron chi connectivity index (χ0n) is 12.7. The predicted octanol–water partition coefficient (Wildman–Crippen LogP) is 4.56. The molecule has 0 aliphatic rings. The zero-order chi connectivity index (χ0) is 17.4. The van der Waals surface area contributed by atoms with Crippen LogP contribution in [0.15, 0.2) is 42.5 Å². The predicted molar refractivity (Wildman–Crippen MR) is 97.5 cm³/mol. The number of carbonyl (C=O) groups is 1. The molecule has 0 bridgehead atoms. The van der Waals surface area contributed by atoms with Gasteiger partial charge in [0.05, 0.1) is 0 Å². The molecular formula is C17H16Cl2FNO2S. The van der Waals surface area contributed by atoms with Gasteiger partial charge in [-0.1, -0.05) is 29.3 Å². The van der Waals surface area contributed by atoms with Gasteiger partial charge >= 0.3 is 0 Å². The molecule has 3 nitrogen and oxygen atoms in total. The summed E-state index contributed by atoms with van der Waals surface area (Å²) in [7, 11) is 0. The summed E-state index contributed by atoms with van der Waals surface area (Å²) in [4.78, 5) is 11.7. The lowest BCUT2D eigenvalue weighted by molar-refractivity contribution is -0.122. The lowest BCUT2D eigenvalue weighted by Crippen LogP contribution is -2.30. The smallest absolute Gasteiger partial charge is 0.257 e. The first-order valence-corrected chi connectivity index (χ1v) is 9.13. The second-order valence-corrected chi connectivity index (χ2v) is 6.76. The minimum absolute atomic E-state index is 0.105. The molecule has 24 heavy (non-hydrogen) atoms. The van der Waals surface area contributed by atoms with Crippen LogP contribution in [0.3, 0.4) is 0 Å². The number of benzene rings is 2. The molecule has 2 aromatic carbocycles. The van der Waals surface area contributed by atoms with E-state index in [2.05, 4.69) is 5.32 Å². The van der Waals surface area contributed by atoms with Crippen LogP contribution in [0.4, 0.5) is 4.39 Å². The molecule has 2 rings (SSSR count). The van der Waals surface area contributed by atoms with Gasteiger partial charge in [-0.15, -0.1) is 0 Å². The number of nitrogens with one attached hydrogen (secondary N) is 1. The molecular weight excluding hydrogens is 372 g/mol. The Kier molecular flexibility index (Phi) is 7.69. The molecule has 7 heteroatoms. The standard InChI is InChI=1S/C17H16Cl2FNO2S/c18-15-2-1-3-16(19)14(15)11-24-9-8-21-17(22)10-23-13-6-4-12(20)5-7-13/h1-7H,8-11H2,(H,21,22). The fourth-order valence-corrected chi connectivity index (χ4v) is 3.43. The summed E-state index contributed by atoms with van der Waals surface area (Å²) in [5.41, 5.74) is 0.900. The zero-order valence-corrected chi connectivity index (χ0v) is 15.1. The van der Waals surface area contributed by atoms with E-state index in [4.69, 9.17) is 27.9 Å². The second kappa shape index (κ2) is 9.77. The van der Waals surface area contributed by atoms with E-state index < -0.39 is 0 Å². The molecule has 128 valence electrons. The van der Waals surface area contributed by atoms with Crippen LogP contribution in [0.2, 0.25) is 10.0 Å². The monoisotopic (exact) mass is 387 g/mol. The van der Waals surface area contributed by atoms with Crippen molar-refractivity contribution < 1.29 is 13.9 Å². The number of hydrogen-bond acceptors (Lipinski definition) is 3. The lowest BCUT2D eigenvalue weighted by atomic mass is 10.2. The molecule has 1 amide bonds. The Labute approximate surface area is 154 Å². The van der Waals surface area contributed by atoms with Crippen LogP contribution >= 0.6 is 35.0 Å². The second-order valence-electron chi connectivity index (χ2n) is 4.85. The van der Waals surface area contributed by atoms with Gasteiger partial charge in [0, 0.05) is 28.1 Å². The number of rotatable bonds is 8. The van der Waals surface area contributed by atoms with Crippen LogP contribution < -0.4 is 10.1 Å². The summed E-state index contributed by atoms with van der Waals surface area (Å²) in [5, 5.41) is 4.05. The maximum absolute atomic E-state index is 12.7. The minimum Gasteiger partial charge on any atom is -0.484 e. The largest absolute Gasteiger partial charge is 0.484 e. The number of halogens is 3. The molecule has 0 saturated carbocycles. The first-order chi connectivity index (χ1) is 11.6. The highest BCUT2D eigenvalue weighted by atomic mass is 35.5. The van der Waals surface area contributed by atoms with E-state index in [9.17, 15) is 9.18 Å².